The number of methoxy groups -OCH3 is 1. The van der Waals surface area contributed by atoms with Crippen LogP contribution in [0.2, 0.25) is 0 Å². The summed E-state index contributed by atoms with van der Waals surface area (Å²) in [5.74, 6) is 1.07. The van der Waals surface area contributed by atoms with Gasteiger partial charge in [-0.25, -0.2) is 0 Å². The van der Waals surface area contributed by atoms with Crippen LogP contribution in [0.25, 0.3) is 0 Å². The third-order valence-electron chi connectivity index (χ3n) is 5.19. The summed E-state index contributed by atoms with van der Waals surface area (Å²) in [5.41, 5.74) is 4.21. The van der Waals surface area contributed by atoms with Crippen LogP contribution in [0.1, 0.15) is 16.7 Å². The van der Waals surface area contributed by atoms with Crippen molar-refractivity contribution in [2.24, 2.45) is 0 Å². The molecule has 0 unspecified atom stereocenters. The Morgan fingerprint density at radius 1 is 1.12 bits per heavy atom. The molecule has 0 atom stereocenters. The molecular weight excluding hydrogens is 300 g/mol. The number of likely N-dealkylation sites (N-methyl/N-ethyl adjacent to an activating group) is 1. The zero-order chi connectivity index (χ0) is 16.9. The molecule has 0 radical (unpaired) electrons. The predicted octanol–water partition coefficient (Wildman–Crippen LogP) is 2.73. The molecule has 0 saturated carbocycles. The number of rotatable bonds is 3. The number of hydrogen-bond acceptors (Lipinski definition) is 3. The van der Waals surface area contributed by atoms with Gasteiger partial charge in [0, 0.05) is 18.8 Å². The molecule has 2 aromatic carbocycles. The quantitative estimate of drug-likeness (QED) is 0.871. The SMILES string of the molecule is COc1ccc(CN2C(=O)C3(CN(C)C3)c3ccc(C)cc32)cc1. The van der Waals surface area contributed by atoms with Crippen molar-refractivity contribution >= 4 is 11.6 Å². The highest BCUT2D eigenvalue weighted by atomic mass is 16.5. The topological polar surface area (TPSA) is 32.8 Å². The summed E-state index contributed by atoms with van der Waals surface area (Å²) in [4.78, 5) is 17.4. The third kappa shape index (κ3) is 2.13. The molecular formula is C20H22N2O2. The minimum atomic E-state index is -0.343. The minimum Gasteiger partial charge on any atom is -0.497 e. The van der Waals surface area contributed by atoms with E-state index < -0.39 is 0 Å². The van der Waals surface area contributed by atoms with E-state index in [0.717, 1.165) is 30.1 Å². The third-order valence-corrected chi connectivity index (χ3v) is 5.19. The number of fused-ring (bicyclic) bond motifs is 2. The first-order valence-corrected chi connectivity index (χ1v) is 8.28. The van der Waals surface area contributed by atoms with Crippen LogP contribution in [0.5, 0.6) is 5.75 Å². The number of ether oxygens (including phenoxy) is 1. The lowest BCUT2D eigenvalue weighted by Crippen LogP contribution is -2.62. The number of benzene rings is 2. The van der Waals surface area contributed by atoms with Crippen molar-refractivity contribution in [2.75, 3.05) is 32.1 Å². The summed E-state index contributed by atoms with van der Waals surface area (Å²) in [7, 11) is 3.73. The molecule has 2 aliphatic heterocycles. The Morgan fingerprint density at radius 3 is 2.46 bits per heavy atom. The van der Waals surface area contributed by atoms with Crippen molar-refractivity contribution in [1.82, 2.24) is 4.90 Å². The highest BCUT2D eigenvalue weighted by Crippen LogP contribution is 2.47. The monoisotopic (exact) mass is 322 g/mol. The molecule has 1 amide bonds. The Kier molecular flexibility index (Phi) is 3.39. The highest BCUT2D eigenvalue weighted by Gasteiger charge is 2.56. The van der Waals surface area contributed by atoms with Gasteiger partial charge in [-0.2, -0.15) is 0 Å². The molecule has 1 saturated heterocycles. The summed E-state index contributed by atoms with van der Waals surface area (Å²) >= 11 is 0. The van der Waals surface area contributed by atoms with Gasteiger partial charge in [0.25, 0.3) is 0 Å². The number of anilines is 1. The van der Waals surface area contributed by atoms with E-state index in [1.54, 1.807) is 7.11 Å². The molecule has 2 aliphatic rings. The molecule has 0 bridgehead atoms. The zero-order valence-corrected chi connectivity index (χ0v) is 14.4. The summed E-state index contributed by atoms with van der Waals surface area (Å²) in [6.45, 7) is 4.29. The number of carbonyl (C=O) groups is 1. The molecule has 2 heterocycles. The zero-order valence-electron chi connectivity index (χ0n) is 14.4. The number of likely N-dealkylation sites (tertiary alicyclic amines) is 1. The fourth-order valence-corrected chi connectivity index (χ4v) is 4.00. The lowest BCUT2D eigenvalue weighted by molar-refractivity contribution is -0.128. The summed E-state index contributed by atoms with van der Waals surface area (Å²) in [5, 5.41) is 0. The van der Waals surface area contributed by atoms with Crippen LogP contribution < -0.4 is 9.64 Å². The Bertz CT molecular complexity index is 792. The van der Waals surface area contributed by atoms with Gasteiger partial charge in [0.1, 0.15) is 11.2 Å². The fraction of sp³-hybridized carbons (Fsp3) is 0.350. The van der Waals surface area contributed by atoms with E-state index in [9.17, 15) is 4.79 Å². The van der Waals surface area contributed by atoms with Gasteiger partial charge in [0.05, 0.1) is 13.7 Å². The van der Waals surface area contributed by atoms with Gasteiger partial charge in [-0.3, -0.25) is 4.79 Å². The minimum absolute atomic E-state index is 0.233. The van der Waals surface area contributed by atoms with Crippen molar-refractivity contribution in [3.05, 3.63) is 59.2 Å². The lowest BCUT2D eigenvalue weighted by Gasteiger charge is -2.44. The van der Waals surface area contributed by atoms with Gasteiger partial charge < -0.3 is 14.5 Å². The summed E-state index contributed by atoms with van der Waals surface area (Å²) in [6, 6.07) is 14.3. The second-order valence-corrected chi connectivity index (χ2v) is 7.01. The smallest absolute Gasteiger partial charge is 0.240 e. The average molecular weight is 322 g/mol. The maximum absolute atomic E-state index is 13.2. The number of amides is 1. The van der Waals surface area contributed by atoms with E-state index in [0.29, 0.717) is 6.54 Å². The summed E-state index contributed by atoms with van der Waals surface area (Å²) in [6.07, 6.45) is 0. The van der Waals surface area contributed by atoms with Gasteiger partial charge in [0.2, 0.25) is 5.91 Å². The number of nitrogens with zero attached hydrogens (tertiary/aromatic N) is 2. The molecule has 124 valence electrons. The molecule has 4 rings (SSSR count). The average Bonchev–Trinajstić information content (AvgIpc) is 2.78. The highest BCUT2D eigenvalue weighted by molar-refractivity contribution is 6.09. The van der Waals surface area contributed by atoms with E-state index in [1.165, 1.54) is 11.1 Å². The Hall–Kier alpha value is -2.33. The van der Waals surface area contributed by atoms with Crippen LogP contribution >= 0.6 is 0 Å². The molecule has 0 N–H and O–H groups in total. The van der Waals surface area contributed by atoms with Gasteiger partial charge >= 0.3 is 0 Å². The van der Waals surface area contributed by atoms with Crippen LogP contribution in [-0.4, -0.2) is 38.1 Å². The molecule has 0 aromatic heterocycles. The van der Waals surface area contributed by atoms with Crippen LogP contribution in [0.15, 0.2) is 42.5 Å². The van der Waals surface area contributed by atoms with Gasteiger partial charge in [-0.15, -0.1) is 0 Å². The molecule has 4 heteroatoms. The van der Waals surface area contributed by atoms with Gasteiger partial charge in [-0.05, 0) is 48.9 Å². The van der Waals surface area contributed by atoms with Crippen molar-refractivity contribution < 1.29 is 9.53 Å². The van der Waals surface area contributed by atoms with Gasteiger partial charge in [0.15, 0.2) is 0 Å². The standard InChI is InChI=1S/C20H22N2O2/c1-14-4-9-17-18(10-14)22(19(23)20(17)12-21(2)13-20)11-15-5-7-16(24-3)8-6-15/h4-10H,11-13H2,1-3H3. The van der Waals surface area contributed by atoms with Crippen LogP contribution in [0, 0.1) is 6.92 Å². The second kappa shape index (κ2) is 5.35. The Morgan fingerprint density at radius 2 is 1.83 bits per heavy atom. The van der Waals surface area contributed by atoms with E-state index in [-0.39, 0.29) is 11.3 Å². The molecule has 24 heavy (non-hydrogen) atoms. The predicted molar refractivity (Wildman–Crippen MR) is 94.5 cm³/mol. The van der Waals surface area contributed by atoms with E-state index in [4.69, 9.17) is 4.74 Å². The van der Waals surface area contributed by atoms with Crippen LogP contribution in [0.4, 0.5) is 5.69 Å². The van der Waals surface area contributed by atoms with Crippen LogP contribution in [-0.2, 0) is 16.8 Å². The van der Waals surface area contributed by atoms with E-state index >= 15 is 0 Å². The number of hydrogen-bond donors (Lipinski definition) is 0. The lowest BCUT2D eigenvalue weighted by atomic mass is 9.75. The molecule has 4 nitrogen and oxygen atoms in total. The molecule has 1 spiro atoms. The number of carbonyl (C=O) groups excluding carboxylic acids is 1. The van der Waals surface area contributed by atoms with Crippen LogP contribution in [0.3, 0.4) is 0 Å². The van der Waals surface area contributed by atoms with Crippen molar-refractivity contribution in [1.29, 1.82) is 0 Å². The van der Waals surface area contributed by atoms with Crippen molar-refractivity contribution in [2.45, 2.75) is 18.9 Å². The molecule has 2 aromatic rings. The number of aryl methyl sites for hydroxylation is 1. The maximum Gasteiger partial charge on any atom is 0.240 e. The van der Waals surface area contributed by atoms with Gasteiger partial charge in [-0.1, -0.05) is 24.3 Å². The normalized spacial score (nSPS) is 18.6. The summed E-state index contributed by atoms with van der Waals surface area (Å²) < 4.78 is 5.22. The molecule has 1 fully saturated rings. The van der Waals surface area contributed by atoms with E-state index in [2.05, 4.69) is 37.1 Å². The first-order chi connectivity index (χ1) is 11.5. The van der Waals surface area contributed by atoms with Crippen molar-refractivity contribution in [3.63, 3.8) is 0 Å². The first kappa shape index (κ1) is 15.2. The Labute approximate surface area is 142 Å². The fourth-order valence-electron chi connectivity index (χ4n) is 4.00. The van der Waals surface area contributed by atoms with E-state index in [1.807, 2.05) is 29.2 Å². The molecule has 0 aliphatic carbocycles. The largest absolute Gasteiger partial charge is 0.497 e. The maximum atomic E-state index is 13.2. The Balaban J connectivity index is 1.70. The van der Waals surface area contributed by atoms with Crippen molar-refractivity contribution in [3.8, 4) is 5.75 Å². The first-order valence-electron chi connectivity index (χ1n) is 8.28. The second-order valence-electron chi connectivity index (χ2n) is 7.01.